The highest BCUT2D eigenvalue weighted by molar-refractivity contribution is 6.00. The number of rotatable bonds is 5. The maximum absolute atomic E-state index is 11.7. The van der Waals surface area contributed by atoms with Crippen molar-refractivity contribution in [3.63, 3.8) is 0 Å². The molecule has 0 saturated heterocycles. The minimum Gasteiger partial charge on any atom is -0.292 e. The molecule has 0 N–H and O–H groups in total. The predicted molar refractivity (Wildman–Crippen MR) is 73.5 cm³/mol. The van der Waals surface area contributed by atoms with Gasteiger partial charge in [-0.2, -0.15) is 4.89 Å². The molecule has 0 aliphatic carbocycles. The van der Waals surface area contributed by atoms with Crippen LogP contribution in [0.25, 0.3) is 0 Å². The van der Waals surface area contributed by atoms with E-state index in [1.54, 1.807) is 20.8 Å². The number of carbonyl (C=O) groups is 2. The number of carbonyl (C=O) groups excluding carboxylic acids is 2. The van der Waals surface area contributed by atoms with Gasteiger partial charge in [0.25, 0.3) is 6.04 Å². The molecule has 0 aliphatic heterocycles. The smallest absolute Gasteiger partial charge is 0.292 e. The minimum atomic E-state index is -1.33. The monoisotopic (exact) mass is 295 g/mol. The fraction of sp³-hybridized carbons (Fsp3) is 0.429. The first-order valence-corrected chi connectivity index (χ1v) is 6.29. The Morgan fingerprint density at radius 2 is 1.62 bits per heavy atom. The van der Waals surface area contributed by atoms with Gasteiger partial charge in [-0.15, -0.1) is 0 Å². The first kappa shape index (κ1) is 16.8. The summed E-state index contributed by atoms with van der Waals surface area (Å²) >= 11 is 0. The molecular formula is C14H17NO6. The Kier molecular flexibility index (Phi) is 5.15. The number of benzene rings is 1. The van der Waals surface area contributed by atoms with Crippen LogP contribution in [-0.4, -0.2) is 28.3 Å². The quantitative estimate of drug-likeness (QED) is 0.358. The molecule has 0 bridgehead atoms. The van der Waals surface area contributed by atoms with E-state index in [9.17, 15) is 19.7 Å². The maximum atomic E-state index is 11.7. The van der Waals surface area contributed by atoms with Crippen molar-refractivity contribution >= 4 is 11.8 Å². The standard InChI is InChI=1S/C14H17NO6/c1-9(15(18)19)12(16)10-5-7-11(8-6-10)13(17)20-21-14(2,3)4/h5-9H,1-4H3. The Bertz CT molecular complexity index is 544. The molecule has 21 heavy (non-hydrogen) atoms. The zero-order valence-corrected chi connectivity index (χ0v) is 12.3. The molecule has 0 aromatic heterocycles. The first-order chi connectivity index (χ1) is 9.61. The summed E-state index contributed by atoms with van der Waals surface area (Å²) in [6, 6.07) is 4.07. The van der Waals surface area contributed by atoms with Gasteiger partial charge >= 0.3 is 5.97 Å². The summed E-state index contributed by atoms with van der Waals surface area (Å²) < 4.78 is 0. The normalized spacial score (nSPS) is 12.6. The molecule has 0 spiro atoms. The molecular weight excluding hydrogens is 278 g/mol. The third kappa shape index (κ3) is 4.96. The van der Waals surface area contributed by atoms with Crippen LogP contribution < -0.4 is 0 Å². The van der Waals surface area contributed by atoms with E-state index >= 15 is 0 Å². The van der Waals surface area contributed by atoms with Gasteiger partial charge in [0.15, 0.2) is 0 Å². The van der Waals surface area contributed by atoms with Gasteiger partial charge < -0.3 is 0 Å². The van der Waals surface area contributed by atoms with E-state index in [-0.39, 0.29) is 11.1 Å². The van der Waals surface area contributed by atoms with Crippen LogP contribution in [0.2, 0.25) is 0 Å². The van der Waals surface area contributed by atoms with Gasteiger partial charge in [0.05, 0.1) is 5.56 Å². The number of nitro groups is 1. The van der Waals surface area contributed by atoms with E-state index in [0.29, 0.717) is 0 Å². The number of hydrogen-bond donors (Lipinski definition) is 0. The van der Waals surface area contributed by atoms with Crippen molar-refractivity contribution in [1.82, 2.24) is 0 Å². The van der Waals surface area contributed by atoms with Gasteiger partial charge in [0.2, 0.25) is 5.78 Å². The minimum absolute atomic E-state index is 0.160. The Balaban J connectivity index is 2.76. The van der Waals surface area contributed by atoms with Crippen LogP contribution in [0, 0.1) is 10.1 Å². The molecule has 0 aliphatic rings. The Hall–Kier alpha value is -2.28. The summed E-state index contributed by atoms with van der Waals surface area (Å²) in [6.07, 6.45) is 0. The molecule has 0 heterocycles. The second kappa shape index (κ2) is 6.45. The number of nitrogens with zero attached hydrogens (tertiary/aromatic N) is 1. The molecule has 1 rings (SSSR count). The highest BCUT2D eigenvalue weighted by Crippen LogP contribution is 2.12. The van der Waals surface area contributed by atoms with Crippen LogP contribution in [0.3, 0.4) is 0 Å². The largest absolute Gasteiger partial charge is 0.373 e. The second-order valence-electron chi connectivity index (χ2n) is 5.47. The predicted octanol–water partition coefficient (Wildman–Crippen LogP) is 2.42. The molecule has 1 aromatic rings. The molecule has 0 saturated carbocycles. The lowest BCUT2D eigenvalue weighted by Gasteiger charge is -2.16. The van der Waals surface area contributed by atoms with E-state index in [1.165, 1.54) is 31.2 Å². The maximum Gasteiger partial charge on any atom is 0.373 e. The average molecular weight is 295 g/mol. The lowest BCUT2D eigenvalue weighted by Crippen LogP contribution is -2.26. The summed E-state index contributed by atoms with van der Waals surface area (Å²) in [5.41, 5.74) is -0.288. The van der Waals surface area contributed by atoms with Crippen molar-refractivity contribution in [2.24, 2.45) is 0 Å². The van der Waals surface area contributed by atoms with Crippen LogP contribution in [-0.2, 0) is 9.78 Å². The zero-order chi connectivity index (χ0) is 16.2. The zero-order valence-electron chi connectivity index (χ0n) is 12.3. The van der Waals surface area contributed by atoms with Gasteiger partial charge in [0, 0.05) is 17.4 Å². The fourth-order valence-electron chi connectivity index (χ4n) is 1.32. The molecule has 7 nitrogen and oxygen atoms in total. The van der Waals surface area contributed by atoms with Crippen molar-refractivity contribution < 1.29 is 24.3 Å². The van der Waals surface area contributed by atoms with Crippen molar-refractivity contribution in [2.45, 2.75) is 39.3 Å². The van der Waals surface area contributed by atoms with E-state index in [2.05, 4.69) is 4.89 Å². The molecule has 0 fully saturated rings. The molecule has 7 heteroatoms. The van der Waals surface area contributed by atoms with Gasteiger partial charge in [-0.05, 0) is 32.9 Å². The van der Waals surface area contributed by atoms with Crippen LogP contribution in [0.1, 0.15) is 48.4 Å². The molecule has 1 unspecified atom stereocenters. The third-order valence-electron chi connectivity index (χ3n) is 2.47. The van der Waals surface area contributed by atoms with Crippen molar-refractivity contribution in [1.29, 1.82) is 0 Å². The van der Waals surface area contributed by atoms with Gasteiger partial charge in [-0.25, -0.2) is 4.79 Å². The Labute approximate surface area is 121 Å². The Morgan fingerprint density at radius 1 is 1.14 bits per heavy atom. The second-order valence-corrected chi connectivity index (χ2v) is 5.47. The van der Waals surface area contributed by atoms with Crippen molar-refractivity contribution in [3.05, 3.63) is 45.5 Å². The highest BCUT2D eigenvalue weighted by atomic mass is 17.2. The van der Waals surface area contributed by atoms with Crippen LogP contribution in [0.15, 0.2) is 24.3 Å². The molecule has 114 valence electrons. The highest BCUT2D eigenvalue weighted by Gasteiger charge is 2.25. The van der Waals surface area contributed by atoms with E-state index < -0.39 is 28.3 Å². The number of ketones is 1. The molecule has 0 amide bonds. The average Bonchev–Trinajstić information content (AvgIpc) is 2.42. The Morgan fingerprint density at radius 3 is 2.05 bits per heavy atom. The number of Topliss-reactive ketones (excluding diaryl/α,β-unsaturated/α-hetero) is 1. The lowest BCUT2D eigenvalue weighted by molar-refractivity contribution is -0.500. The van der Waals surface area contributed by atoms with E-state index in [4.69, 9.17) is 4.89 Å². The van der Waals surface area contributed by atoms with Crippen molar-refractivity contribution in [2.75, 3.05) is 0 Å². The summed E-state index contributed by atoms with van der Waals surface area (Å²) in [7, 11) is 0. The number of hydrogen-bond acceptors (Lipinski definition) is 6. The molecule has 1 aromatic carbocycles. The van der Waals surface area contributed by atoms with Crippen LogP contribution in [0.5, 0.6) is 0 Å². The van der Waals surface area contributed by atoms with Crippen LogP contribution in [0.4, 0.5) is 0 Å². The topological polar surface area (TPSA) is 95.7 Å². The van der Waals surface area contributed by atoms with Gasteiger partial charge in [0.1, 0.15) is 5.60 Å². The van der Waals surface area contributed by atoms with E-state index in [1.807, 2.05) is 0 Å². The first-order valence-electron chi connectivity index (χ1n) is 6.29. The van der Waals surface area contributed by atoms with Crippen LogP contribution >= 0.6 is 0 Å². The summed E-state index contributed by atoms with van der Waals surface area (Å²) in [4.78, 5) is 42.8. The molecule has 0 radical (unpaired) electrons. The summed E-state index contributed by atoms with van der Waals surface area (Å²) in [5.74, 6) is -1.32. The lowest BCUT2D eigenvalue weighted by atomic mass is 10.0. The van der Waals surface area contributed by atoms with Crippen molar-refractivity contribution in [3.8, 4) is 0 Å². The molecule has 1 atom stereocenters. The summed E-state index contributed by atoms with van der Waals surface area (Å²) in [6.45, 7) is 6.38. The van der Waals surface area contributed by atoms with E-state index in [0.717, 1.165) is 0 Å². The third-order valence-corrected chi connectivity index (χ3v) is 2.47. The summed E-state index contributed by atoms with van der Waals surface area (Å²) in [5, 5.41) is 10.6. The fourth-order valence-corrected chi connectivity index (χ4v) is 1.32. The van der Waals surface area contributed by atoms with Gasteiger partial charge in [-0.1, -0.05) is 12.1 Å². The SMILES string of the molecule is CC(C(=O)c1ccc(C(=O)OOC(C)(C)C)cc1)[N+](=O)[O-]. The van der Waals surface area contributed by atoms with Gasteiger partial charge in [-0.3, -0.25) is 19.8 Å².